The van der Waals surface area contributed by atoms with Crippen molar-refractivity contribution >= 4 is 46.8 Å². The number of Topliss-reactive ketones (excluding diaryl/α,β-unsaturated/α-hetero) is 1. The van der Waals surface area contributed by atoms with Crippen LogP contribution >= 0.6 is 11.6 Å². The second-order valence-electron chi connectivity index (χ2n) is 8.18. The first-order valence-corrected chi connectivity index (χ1v) is 11.4. The SMILES string of the molecule is CC(=O)C(Cc1ccccc1)NC(=O)COC(=O)c1ccc2c(c1)C(=O)N(c1ccc(Cl)cc1)C2=O. The molecule has 1 N–H and O–H groups in total. The molecule has 0 radical (unpaired) electrons. The van der Waals surface area contributed by atoms with Crippen molar-refractivity contribution in [1.82, 2.24) is 5.32 Å². The second-order valence-corrected chi connectivity index (χ2v) is 8.62. The van der Waals surface area contributed by atoms with E-state index in [4.69, 9.17) is 16.3 Å². The van der Waals surface area contributed by atoms with E-state index in [2.05, 4.69) is 5.32 Å². The van der Waals surface area contributed by atoms with E-state index >= 15 is 0 Å². The molecule has 1 heterocycles. The van der Waals surface area contributed by atoms with E-state index < -0.39 is 36.3 Å². The summed E-state index contributed by atoms with van der Waals surface area (Å²) in [6, 6.07) is 18.6. The van der Waals surface area contributed by atoms with Crippen molar-refractivity contribution in [2.75, 3.05) is 11.5 Å². The number of ketones is 1. The molecule has 36 heavy (non-hydrogen) atoms. The molecule has 1 aliphatic rings. The summed E-state index contributed by atoms with van der Waals surface area (Å²) in [5.74, 6) is -2.83. The molecule has 4 rings (SSSR count). The fourth-order valence-corrected chi connectivity index (χ4v) is 3.92. The lowest BCUT2D eigenvalue weighted by atomic mass is 10.0. The van der Waals surface area contributed by atoms with E-state index in [1.54, 1.807) is 24.3 Å². The van der Waals surface area contributed by atoms with Gasteiger partial charge in [-0.3, -0.25) is 19.2 Å². The number of hydrogen-bond donors (Lipinski definition) is 1. The summed E-state index contributed by atoms with van der Waals surface area (Å²) in [6.45, 7) is 0.758. The van der Waals surface area contributed by atoms with Gasteiger partial charge in [0.1, 0.15) is 0 Å². The van der Waals surface area contributed by atoms with Gasteiger partial charge in [0.15, 0.2) is 12.4 Å². The molecule has 3 aromatic rings. The van der Waals surface area contributed by atoms with E-state index in [1.807, 2.05) is 30.3 Å². The van der Waals surface area contributed by atoms with Crippen molar-refractivity contribution < 1.29 is 28.7 Å². The molecule has 1 aliphatic heterocycles. The average Bonchev–Trinajstić information content (AvgIpc) is 3.12. The smallest absolute Gasteiger partial charge is 0.338 e. The third kappa shape index (κ3) is 5.34. The molecule has 9 heteroatoms. The highest BCUT2D eigenvalue weighted by molar-refractivity contribution is 6.35. The van der Waals surface area contributed by atoms with E-state index in [0.29, 0.717) is 17.1 Å². The summed E-state index contributed by atoms with van der Waals surface area (Å²) in [5.41, 5.74) is 1.43. The van der Waals surface area contributed by atoms with Gasteiger partial charge in [-0.1, -0.05) is 41.9 Å². The van der Waals surface area contributed by atoms with Gasteiger partial charge >= 0.3 is 5.97 Å². The Bertz CT molecular complexity index is 1350. The number of carbonyl (C=O) groups is 5. The molecular formula is C27H21ClN2O6. The third-order valence-corrected chi connectivity index (χ3v) is 5.90. The highest BCUT2D eigenvalue weighted by Gasteiger charge is 2.37. The number of halogens is 1. The van der Waals surface area contributed by atoms with E-state index in [1.165, 1.54) is 25.1 Å². The summed E-state index contributed by atoms with van der Waals surface area (Å²) in [6.07, 6.45) is 0.306. The Labute approximate surface area is 211 Å². The fraction of sp³-hybridized carbons (Fsp3) is 0.148. The highest BCUT2D eigenvalue weighted by Crippen LogP contribution is 2.30. The Morgan fingerprint density at radius 1 is 0.917 bits per heavy atom. The monoisotopic (exact) mass is 504 g/mol. The fourth-order valence-electron chi connectivity index (χ4n) is 3.79. The van der Waals surface area contributed by atoms with Gasteiger partial charge in [-0.05, 0) is 61.4 Å². The first-order valence-electron chi connectivity index (χ1n) is 11.0. The predicted octanol–water partition coefficient (Wildman–Crippen LogP) is 3.61. The highest BCUT2D eigenvalue weighted by atomic mass is 35.5. The Morgan fingerprint density at radius 2 is 1.58 bits per heavy atom. The van der Waals surface area contributed by atoms with Crippen molar-refractivity contribution in [2.45, 2.75) is 19.4 Å². The van der Waals surface area contributed by atoms with Crippen LogP contribution in [-0.2, 0) is 20.7 Å². The van der Waals surface area contributed by atoms with E-state index in [0.717, 1.165) is 10.5 Å². The molecule has 8 nitrogen and oxygen atoms in total. The Hall–Kier alpha value is -4.30. The molecule has 0 aliphatic carbocycles. The van der Waals surface area contributed by atoms with E-state index in [9.17, 15) is 24.0 Å². The number of imide groups is 1. The molecule has 0 spiro atoms. The quantitative estimate of drug-likeness (QED) is 0.370. The first-order chi connectivity index (χ1) is 17.2. The third-order valence-electron chi connectivity index (χ3n) is 5.65. The van der Waals surface area contributed by atoms with Gasteiger partial charge in [-0.2, -0.15) is 0 Å². The Balaban J connectivity index is 1.40. The number of fused-ring (bicyclic) bond motifs is 1. The molecule has 1 atom stereocenters. The number of nitrogens with zero attached hydrogens (tertiary/aromatic N) is 1. The first kappa shape index (κ1) is 24.8. The molecule has 3 aromatic carbocycles. The van der Waals surface area contributed by atoms with Gasteiger partial charge in [0.25, 0.3) is 17.7 Å². The number of hydrogen-bond acceptors (Lipinski definition) is 6. The van der Waals surface area contributed by atoms with Gasteiger partial charge < -0.3 is 10.1 Å². The van der Waals surface area contributed by atoms with Gasteiger partial charge in [-0.15, -0.1) is 0 Å². The maximum absolute atomic E-state index is 12.9. The summed E-state index contributed by atoms with van der Waals surface area (Å²) in [4.78, 5) is 63.5. The molecule has 0 saturated carbocycles. The predicted molar refractivity (Wildman–Crippen MR) is 132 cm³/mol. The number of benzene rings is 3. The largest absolute Gasteiger partial charge is 0.452 e. The van der Waals surface area contributed by atoms with Gasteiger partial charge in [-0.25, -0.2) is 9.69 Å². The summed E-state index contributed by atoms with van der Waals surface area (Å²) in [7, 11) is 0. The van der Waals surface area contributed by atoms with Crippen molar-refractivity contribution in [3.05, 3.63) is 100 Å². The number of anilines is 1. The van der Waals surface area contributed by atoms with Crippen LogP contribution in [0.1, 0.15) is 43.6 Å². The number of amides is 3. The molecular weight excluding hydrogens is 484 g/mol. The zero-order valence-corrected chi connectivity index (χ0v) is 20.0. The molecule has 3 amide bonds. The lowest BCUT2D eigenvalue weighted by Gasteiger charge is -2.16. The van der Waals surface area contributed by atoms with Crippen molar-refractivity contribution in [3.8, 4) is 0 Å². The number of esters is 1. The maximum Gasteiger partial charge on any atom is 0.338 e. The number of nitrogens with one attached hydrogen (secondary N) is 1. The summed E-state index contributed by atoms with van der Waals surface area (Å²) in [5, 5.41) is 3.03. The normalized spacial score (nSPS) is 13.2. The second kappa shape index (κ2) is 10.5. The van der Waals surface area contributed by atoms with Gasteiger partial charge in [0.2, 0.25) is 0 Å². The van der Waals surface area contributed by atoms with Crippen LogP contribution in [0.25, 0.3) is 0 Å². The zero-order valence-electron chi connectivity index (χ0n) is 19.2. The zero-order chi connectivity index (χ0) is 25.8. The summed E-state index contributed by atoms with van der Waals surface area (Å²) < 4.78 is 5.08. The van der Waals surface area contributed by atoms with Crippen molar-refractivity contribution in [1.29, 1.82) is 0 Å². The minimum Gasteiger partial charge on any atom is -0.452 e. The number of rotatable bonds is 8. The van der Waals surface area contributed by atoms with E-state index in [-0.39, 0.29) is 22.5 Å². The molecule has 0 saturated heterocycles. The summed E-state index contributed by atoms with van der Waals surface area (Å²) >= 11 is 5.88. The van der Waals surface area contributed by atoms with Crippen LogP contribution in [0.3, 0.4) is 0 Å². The van der Waals surface area contributed by atoms with Crippen LogP contribution in [0.4, 0.5) is 5.69 Å². The topological polar surface area (TPSA) is 110 Å². The molecule has 0 bridgehead atoms. The standard InChI is InChI=1S/C27H21ClN2O6/c1-16(31)23(13-17-5-3-2-4-6-17)29-24(32)15-36-27(35)18-7-12-21-22(14-18)26(34)30(25(21)33)20-10-8-19(28)9-11-20/h2-12,14,23H,13,15H2,1H3,(H,29,32). The van der Waals surface area contributed by atoms with Crippen molar-refractivity contribution in [3.63, 3.8) is 0 Å². The van der Waals surface area contributed by atoms with Crippen LogP contribution in [0.15, 0.2) is 72.8 Å². The Morgan fingerprint density at radius 3 is 2.25 bits per heavy atom. The van der Waals surface area contributed by atoms with Crippen LogP contribution in [0.5, 0.6) is 0 Å². The van der Waals surface area contributed by atoms with Gasteiger partial charge in [0.05, 0.1) is 28.4 Å². The minimum absolute atomic E-state index is 0.00746. The van der Waals surface area contributed by atoms with Crippen LogP contribution < -0.4 is 10.2 Å². The number of carbonyl (C=O) groups excluding carboxylic acids is 5. The lowest BCUT2D eigenvalue weighted by Crippen LogP contribution is -2.43. The molecule has 182 valence electrons. The van der Waals surface area contributed by atoms with Crippen LogP contribution in [0, 0.1) is 0 Å². The van der Waals surface area contributed by atoms with Crippen LogP contribution in [0.2, 0.25) is 5.02 Å². The molecule has 0 aromatic heterocycles. The molecule has 0 fully saturated rings. The Kier molecular flexibility index (Phi) is 7.26. The lowest BCUT2D eigenvalue weighted by molar-refractivity contribution is -0.128. The van der Waals surface area contributed by atoms with Crippen molar-refractivity contribution in [2.24, 2.45) is 0 Å². The maximum atomic E-state index is 12.9. The van der Waals surface area contributed by atoms with Crippen LogP contribution in [-0.4, -0.2) is 42.1 Å². The average molecular weight is 505 g/mol. The minimum atomic E-state index is -0.847. The number of ether oxygens (including phenoxy) is 1. The molecule has 1 unspecified atom stereocenters. The van der Waals surface area contributed by atoms with Gasteiger partial charge in [0, 0.05) is 5.02 Å².